The molecule has 0 spiro atoms. The molecule has 3 rings (SSSR count). The molecule has 0 unspecified atom stereocenters. The molecule has 0 amide bonds. The van der Waals surface area contributed by atoms with E-state index in [4.69, 9.17) is 0 Å². The number of carbonyl (C=O) groups is 1. The van der Waals surface area contributed by atoms with Crippen molar-refractivity contribution in [2.75, 3.05) is 0 Å². The molecule has 0 heterocycles. The first-order valence-corrected chi connectivity index (χ1v) is 7.14. The van der Waals surface area contributed by atoms with E-state index in [1.54, 1.807) is 6.07 Å². The van der Waals surface area contributed by atoms with Gasteiger partial charge in [0.1, 0.15) is 5.82 Å². The molecule has 134 valence electrons. The molecule has 8 heteroatoms. The molecule has 0 saturated heterocycles. The molecule has 0 N–H and O–H groups in total. The third-order valence-electron chi connectivity index (χ3n) is 3.86. The summed E-state index contributed by atoms with van der Waals surface area (Å²) in [4.78, 5) is 12.1. The molecule has 0 aliphatic rings. The Labute approximate surface area is 141 Å². The van der Waals surface area contributed by atoms with Crippen molar-refractivity contribution < 1.29 is 35.5 Å². The molecule has 0 radical (unpaired) electrons. The number of rotatable bonds is 3. The molecule has 3 aromatic rings. The van der Waals surface area contributed by atoms with Gasteiger partial charge in [0.15, 0.2) is 40.7 Å². The summed E-state index contributed by atoms with van der Waals surface area (Å²) in [6, 6.07) is 7.15. The fourth-order valence-corrected chi connectivity index (χ4v) is 2.58. The van der Waals surface area contributed by atoms with Crippen molar-refractivity contribution in [3.8, 4) is 0 Å². The lowest BCUT2D eigenvalue weighted by Crippen LogP contribution is -2.12. The Morgan fingerprint density at radius 1 is 0.615 bits per heavy atom. The van der Waals surface area contributed by atoms with Gasteiger partial charge in [0.05, 0.1) is 10.8 Å². The first-order chi connectivity index (χ1) is 12.3. The molecular weight excluding hydrogens is 365 g/mol. The lowest BCUT2D eigenvalue weighted by Gasteiger charge is -2.12. The van der Waals surface area contributed by atoms with Gasteiger partial charge in [-0.25, -0.2) is 30.7 Å². The normalized spacial score (nSPS) is 11.2. The van der Waals surface area contributed by atoms with E-state index in [2.05, 4.69) is 0 Å². The van der Waals surface area contributed by atoms with Crippen LogP contribution in [-0.4, -0.2) is 5.78 Å². The summed E-state index contributed by atoms with van der Waals surface area (Å²) in [5, 5.41) is -3.30. The predicted molar refractivity (Wildman–Crippen MR) is 78.1 cm³/mol. The van der Waals surface area contributed by atoms with Crippen molar-refractivity contribution in [2.24, 2.45) is 0 Å². The van der Waals surface area contributed by atoms with Crippen LogP contribution in [0.15, 0.2) is 30.3 Å². The number of hydrogen-bond acceptors (Lipinski definition) is 1. The van der Waals surface area contributed by atoms with Gasteiger partial charge in [-0.3, -0.25) is 4.79 Å². The average molecular weight is 372 g/mol. The van der Waals surface area contributed by atoms with Crippen molar-refractivity contribution in [1.82, 2.24) is 0 Å². The van der Waals surface area contributed by atoms with Crippen molar-refractivity contribution in [1.29, 1.82) is 0 Å². The summed E-state index contributed by atoms with van der Waals surface area (Å²) >= 11 is 0. The standard InChI is InChI=1S/C18H7F7O/c19-12-8(6-9(26)7-4-2-1-3-5-7)13(20)14(21)11-10(12)15(22)17(24)18(25)16(11)23/h1-5H,6H2. The van der Waals surface area contributed by atoms with E-state index in [0.717, 1.165) is 0 Å². The van der Waals surface area contributed by atoms with E-state index >= 15 is 0 Å². The van der Waals surface area contributed by atoms with Crippen LogP contribution in [0.5, 0.6) is 0 Å². The zero-order valence-electron chi connectivity index (χ0n) is 12.6. The number of hydrogen-bond donors (Lipinski definition) is 0. The van der Waals surface area contributed by atoms with Gasteiger partial charge < -0.3 is 0 Å². The van der Waals surface area contributed by atoms with Crippen molar-refractivity contribution in [2.45, 2.75) is 6.42 Å². The minimum atomic E-state index is -2.40. The van der Waals surface area contributed by atoms with Gasteiger partial charge in [-0.15, -0.1) is 0 Å². The second-order valence-corrected chi connectivity index (χ2v) is 5.39. The van der Waals surface area contributed by atoms with E-state index in [1.165, 1.54) is 24.3 Å². The quantitative estimate of drug-likeness (QED) is 0.266. The maximum atomic E-state index is 14.5. The van der Waals surface area contributed by atoms with Crippen LogP contribution in [0.2, 0.25) is 0 Å². The number of ketones is 1. The Morgan fingerprint density at radius 3 is 1.62 bits per heavy atom. The molecule has 0 atom stereocenters. The van der Waals surface area contributed by atoms with E-state index in [9.17, 15) is 35.5 Å². The maximum Gasteiger partial charge on any atom is 0.198 e. The molecule has 1 nitrogen and oxygen atoms in total. The Hall–Kier alpha value is -2.90. The zero-order valence-corrected chi connectivity index (χ0v) is 12.6. The minimum Gasteiger partial charge on any atom is -0.294 e. The Kier molecular flexibility index (Phi) is 4.43. The molecule has 0 bridgehead atoms. The molecule has 0 aromatic heterocycles. The van der Waals surface area contributed by atoms with Crippen molar-refractivity contribution in [3.05, 3.63) is 82.2 Å². The topological polar surface area (TPSA) is 17.1 Å². The van der Waals surface area contributed by atoms with Gasteiger partial charge in [0.2, 0.25) is 0 Å². The Bertz CT molecular complexity index is 1050. The maximum absolute atomic E-state index is 14.5. The highest BCUT2D eigenvalue weighted by Crippen LogP contribution is 2.34. The Balaban J connectivity index is 2.27. The number of carbonyl (C=O) groups excluding carboxylic acids is 1. The summed E-state index contributed by atoms with van der Waals surface area (Å²) in [5.41, 5.74) is -1.18. The highest BCUT2D eigenvalue weighted by Gasteiger charge is 2.31. The van der Waals surface area contributed by atoms with Gasteiger partial charge in [0, 0.05) is 17.5 Å². The minimum absolute atomic E-state index is 0.0312. The molecule has 0 fully saturated rings. The van der Waals surface area contributed by atoms with Gasteiger partial charge in [0.25, 0.3) is 0 Å². The molecule has 0 aliphatic heterocycles. The van der Waals surface area contributed by atoms with Gasteiger partial charge in [-0.05, 0) is 0 Å². The lowest BCUT2D eigenvalue weighted by atomic mass is 9.97. The van der Waals surface area contributed by atoms with Crippen LogP contribution in [0.25, 0.3) is 10.8 Å². The van der Waals surface area contributed by atoms with E-state index < -0.39 is 69.3 Å². The largest absolute Gasteiger partial charge is 0.294 e. The third-order valence-corrected chi connectivity index (χ3v) is 3.86. The Morgan fingerprint density at radius 2 is 1.08 bits per heavy atom. The second-order valence-electron chi connectivity index (χ2n) is 5.39. The summed E-state index contributed by atoms with van der Waals surface area (Å²) in [6.45, 7) is 0. The zero-order chi connectivity index (χ0) is 19.2. The van der Waals surface area contributed by atoms with Gasteiger partial charge in [-0.2, -0.15) is 0 Å². The summed E-state index contributed by atoms with van der Waals surface area (Å²) in [5.74, 6) is -16.1. The SMILES string of the molecule is O=C(Cc1c(F)c(F)c2c(F)c(F)c(F)c(F)c2c1F)c1ccccc1. The van der Waals surface area contributed by atoms with Crippen LogP contribution >= 0.6 is 0 Å². The van der Waals surface area contributed by atoms with Crippen LogP contribution < -0.4 is 0 Å². The van der Waals surface area contributed by atoms with E-state index in [0.29, 0.717) is 0 Å². The molecule has 3 aromatic carbocycles. The van der Waals surface area contributed by atoms with E-state index in [-0.39, 0.29) is 5.56 Å². The predicted octanol–water partition coefficient (Wildman–Crippen LogP) is 5.24. The molecular formula is C18H7F7O. The van der Waals surface area contributed by atoms with E-state index in [1.807, 2.05) is 0 Å². The molecule has 0 saturated carbocycles. The highest BCUT2D eigenvalue weighted by molar-refractivity contribution is 5.98. The van der Waals surface area contributed by atoms with Crippen LogP contribution in [0.3, 0.4) is 0 Å². The van der Waals surface area contributed by atoms with Crippen LogP contribution in [0.4, 0.5) is 30.7 Å². The van der Waals surface area contributed by atoms with Crippen LogP contribution in [-0.2, 0) is 6.42 Å². The first kappa shape index (κ1) is 17.9. The summed E-state index contributed by atoms with van der Waals surface area (Å²) in [6.07, 6.45) is -1.03. The lowest BCUT2D eigenvalue weighted by molar-refractivity contribution is 0.0990. The van der Waals surface area contributed by atoms with Crippen LogP contribution in [0, 0.1) is 40.7 Å². The van der Waals surface area contributed by atoms with Crippen LogP contribution in [0.1, 0.15) is 15.9 Å². The summed E-state index contributed by atoms with van der Waals surface area (Å²) in [7, 11) is 0. The number of Topliss-reactive ketones (excluding diaryl/α,β-unsaturated/α-hetero) is 1. The number of halogens is 7. The molecule has 26 heavy (non-hydrogen) atoms. The number of fused-ring (bicyclic) bond motifs is 1. The first-order valence-electron chi connectivity index (χ1n) is 7.14. The van der Waals surface area contributed by atoms with Gasteiger partial charge in [-0.1, -0.05) is 30.3 Å². The smallest absolute Gasteiger partial charge is 0.198 e. The average Bonchev–Trinajstić information content (AvgIpc) is 2.65. The molecule has 0 aliphatic carbocycles. The van der Waals surface area contributed by atoms with Crippen molar-refractivity contribution >= 4 is 16.6 Å². The second kappa shape index (κ2) is 6.44. The fourth-order valence-electron chi connectivity index (χ4n) is 2.58. The third kappa shape index (κ3) is 2.61. The highest BCUT2D eigenvalue weighted by atomic mass is 19.2. The summed E-state index contributed by atoms with van der Waals surface area (Å²) < 4.78 is 96.9. The fraction of sp³-hybridized carbons (Fsp3) is 0.0556. The monoisotopic (exact) mass is 372 g/mol. The van der Waals surface area contributed by atoms with Crippen molar-refractivity contribution in [3.63, 3.8) is 0 Å². The number of benzene rings is 3. The van der Waals surface area contributed by atoms with Gasteiger partial charge >= 0.3 is 0 Å².